The number of fused-ring (bicyclic) bond motifs is 1. The Hall–Kier alpha value is -2.80. The van der Waals surface area contributed by atoms with E-state index in [4.69, 9.17) is 9.47 Å². The van der Waals surface area contributed by atoms with Crippen LogP contribution in [0.3, 0.4) is 0 Å². The molecule has 0 atom stereocenters. The number of amides is 1. The molecular weight excluding hydrogens is 374 g/mol. The second kappa shape index (κ2) is 8.06. The summed E-state index contributed by atoms with van der Waals surface area (Å²) in [6, 6.07) is 9.87. The molecule has 0 fully saturated rings. The maximum atomic E-state index is 12.8. The van der Waals surface area contributed by atoms with Crippen LogP contribution in [-0.2, 0) is 20.0 Å². The number of nitrogens with one attached hydrogen (secondary N) is 1. The van der Waals surface area contributed by atoms with Gasteiger partial charge in [0.2, 0.25) is 0 Å². The topological polar surface area (TPSA) is 65.4 Å². The summed E-state index contributed by atoms with van der Waals surface area (Å²) in [5.41, 5.74) is 2.01. The number of carbonyl (C=O) groups excluding carboxylic acids is 1. The van der Waals surface area contributed by atoms with Crippen molar-refractivity contribution in [2.75, 3.05) is 13.2 Å². The Labute approximate surface area is 168 Å². The zero-order chi connectivity index (χ0) is 19.5. The van der Waals surface area contributed by atoms with Gasteiger partial charge < -0.3 is 14.8 Å². The minimum atomic E-state index is -0.137. The van der Waals surface area contributed by atoms with Crippen LogP contribution in [0.1, 0.15) is 33.5 Å². The monoisotopic (exact) mass is 397 g/mol. The molecule has 0 bridgehead atoms. The van der Waals surface area contributed by atoms with E-state index in [-0.39, 0.29) is 5.91 Å². The maximum absolute atomic E-state index is 12.8. The maximum Gasteiger partial charge on any atom is 0.255 e. The average molecular weight is 398 g/mol. The number of carbonyl (C=O) groups is 1. The number of rotatable bonds is 5. The predicted octanol–water partition coefficient (Wildman–Crippen LogP) is 3.80. The zero-order valence-corrected chi connectivity index (χ0v) is 16.8. The Morgan fingerprint density at radius 2 is 1.96 bits per heavy atom. The Balaban J connectivity index is 1.56. The molecule has 0 radical (unpaired) electrons. The third-order valence-corrected chi connectivity index (χ3v) is 5.81. The molecule has 0 saturated heterocycles. The van der Waals surface area contributed by atoms with E-state index in [0.29, 0.717) is 36.8 Å². The van der Waals surface area contributed by atoms with Crippen molar-refractivity contribution in [2.45, 2.75) is 26.3 Å². The van der Waals surface area contributed by atoms with Crippen molar-refractivity contribution in [3.05, 3.63) is 51.8 Å². The largest absolute Gasteiger partial charge is 0.490 e. The van der Waals surface area contributed by atoms with Crippen LogP contribution >= 0.6 is 11.3 Å². The lowest BCUT2D eigenvalue weighted by molar-refractivity contribution is 0.0952. The predicted molar refractivity (Wildman–Crippen MR) is 109 cm³/mol. The van der Waals surface area contributed by atoms with Gasteiger partial charge in [-0.05, 0) is 36.8 Å². The van der Waals surface area contributed by atoms with E-state index in [9.17, 15) is 4.79 Å². The molecule has 1 aromatic carbocycles. The number of thiophene rings is 1. The third-order valence-electron chi connectivity index (χ3n) is 4.58. The molecular formula is C21H23N3O3S. The smallest absolute Gasteiger partial charge is 0.255 e. The van der Waals surface area contributed by atoms with E-state index >= 15 is 0 Å². The number of aryl methyl sites for hydroxylation is 2. The lowest BCUT2D eigenvalue weighted by Crippen LogP contribution is -2.22. The average Bonchev–Trinajstić information content (AvgIpc) is 3.25. The van der Waals surface area contributed by atoms with E-state index in [1.165, 1.54) is 4.88 Å². The van der Waals surface area contributed by atoms with Gasteiger partial charge in [-0.1, -0.05) is 6.92 Å². The van der Waals surface area contributed by atoms with Gasteiger partial charge >= 0.3 is 0 Å². The second-order valence-corrected chi connectivity index (χ2v) is 7.93. The quantitative estimate of drug-likeness (QED) is 0.711. The van der Waals surface area contributed by atoms with E-state index in [0.717, 1.165) is 29.0 Å². The normalized spacial score (nSPS) is 13.2. The molecule has 3 aromatic rings. The summed E-state index contributed by atoms with van der Waals surface area (Å²) < 4.78 is 13.1. The van der Waals surface area contributed by atoms with Crippen LogP contribution in [0.5, 0.6) is 11.5 Å². The van der Waals surface area contributed by atoms with Crippen LogP contribution in [-0.4, -0.2) is 28.9 Å². The summed E-state index contributed by atoms with van der Waals surface area (Å²) in [4.78, 5) is 15.3. The van der Waals surface area contributed by atoms with Gasteiger partial charge in [0.05, 0.1) is 25.3 Å². The lowest BCUT2D eigenvalue weighted by Gasteiger charge is -2.09. The van der Waals surface area contributed by atoms with Crippen molar-refractivity contribution in [2.24, 2.45) is 7.05 Å². The fraction of sp³-hybridized carbons (Fsp3) is 0.333. The van der Waals surface area contributed by atoms with Crippen molar-refractivity contribution >= 4 is 17.2 Å². The first-order valence-electron chi connectivity index (χ1n) is 9.43. The number of benzene rings is 1. The number of aromatic nitrogens is 2. The molecule has 0 unspecified atom stereocenters. The fourth-order valence-electron chi connectivity index (χ4n) is 3.15. The Morgan fingerprint density at radius 3 is 2.75 bits per heavy atom. The number of hydrogen-bond donors (Lipinski definition) is 1. The molecule has 6 nitrogen and oxygen atoms in total. The van der Waals surface area contributed by atoms with Gasteiger partial charge in [-0.25, -0.2) is 0 Å². The van der Waals surface area contributed by atoms with Gasteiger partial charge in [0, 0.05) is 35.0 Å². The van der Waals surface area contributed by atoms with Gasteiger partial charge in [-0.3, -0.25) is 9.48 Å². The summed E-state index contributed by atoms with van der Waals surface area (Å²) >= 11 is 1.73. The third kappa shape index (κ3) is 3.89. The van der Waals surface area contributed by atoms with Crippen molar-refractivity contribution < 1.29 is 14.3 Å². The highest BCUT2D eigenvalue weighted by atomic mass is 32.1. The molecule has 7 heteroatoms. The van der Waals surface area contributed by atoms with Crippen LogP contribution in [0.15, 0.2) is 36.5 Å². The fourth-order valence-corrected chi connectivity index (χ4v) is 4.05. The Morgan fingerprint density at radius 1 is 1.18 bits per heavy atom. The molecule has 4 rings (SSSR count). The molecule has 2 aromatic heterocycles. The van der Waals surface area contributed by atoms with E-state index in [2.05, 4.69) is 29.5 Å². The van der Waals surface area contributed by atoms with Crippen molar-refractivity contribution in [3.8, 4) is 22.8 Å². The lowest BCUT2D eigenvalue weighted by atomic mass is 10.1. The molecule has 28 heavy (non-hydrogen) atoms. The number of ether oxygens (including phenoxy) is 2. The van der Waals surface area contributed by atoms with Crippen LogP contribution in [0, 0.1) is 0 Å². The molecule has 146 valence electrons. The summed E-state index contributed by atoms with van der Waals surface area (Å²) in [5, 5.41) is 7.52. The van der Waals surface area contributed by atoms with E-state index < -0.39 is 0 Å². The van der Waals surface area contributed by atoms with Crippen molar-refractivity contribution in [1.29, 1.82) is 0 Å². The highest BCUT2D eigenvalue weighted by Crippen LogP contribution is 2.34. The second-order valence-electron chi connectivity index (χ2n) is 6.68. The molecule has 0 aliphatic carbocycles. The van der Waals surface area contributed by atoms with Crippen LogP contribution in [0.4, 0.5) is 0 Å². The van der Waals surface area contributed by atoms with Crippen LogP contribution in [0.2, 0.25) is 0 Å². The highest BCUT2D eigenvalue weighted by molar-refractivity contribution is 7.11. The van der Waals surface area contributed by atoms with Gasteiger partial charge in [-0.2, -0.15) is 5.10 Å². The molecule has 1 N–H and O–H groups in total. The van der Waals surface area contributed by atoms with E-state index in [1.54, 1.807) is 22.2 Å². The molecule has 0 spiro atoms. The van der Waals surface area contributed by atoms with E-state index in [1.807, 2.05) is 25.2 Å². The number of nitrogens with zero attached hydrogens (tertiary/aromatic N) is 2. The summed E-state index contributed by atoms with van der Waals surface area (Å²) in [5.74, 6) is 1.28. The van der Waals surface area contributed by atoms with Gasteiger partial charge in [0.15, 0.2) is 11.5 Å². The molecule has 0 saturated carbocycles. The first-order valence-corrected chi connectivity index (χ1v) is 10.2. The summed E-state index contributed by atoms with van der Waals surface area (Å²) in [6.45, 7) is 3.91. The van der Waals surface area contributed by atoms with Gasteiger partial charge in [-0.15, -0.1) is 11.3 Å². The Kier molecular flexibility index (Phi) is 5.34. The Bertz CT molecular complexity index is 993. The molecule has 3 heterocycles. The van der Waals surface area contributed by atoms with Gasteiger partial charge in [0.1, 0.15) is 5.69 Å². The van der Waals surface area contributed by atoms with Crippen molar-refractivity contribution in [3.63, 3.8) is 0 Å². The first-order chi connectivity index (χ1) is 13.6. The van der Waals surface area contributed by atoms with Crippen LogP contribution < -0.4 is 14.8 Å². The highest BCUT2D eigenvalue weighted by Gasteiger charge is 2.19. The van der Waals surface area contributed by atoms with Crippen molar-refractivity contribution in [1.82, 2.24) is 15.1 Å². The summed E-state index contributed by atoms with van der Waals surface area (Å²) in [7, 11) is 1.82. The first kappa shape index (κ1) is 18.6. The minimum Gasteiger partial charge on any atom is -0.490 e. The molecule has 1 aliphatic rings. The molecule has 1 amide bonds. The molecule has 1 aliphatic heterocycles. The van der Waals surface area contributed by atoms with Crippen LogP contribution in [0.25, 0.3) is 11.3 Å². The SMILES string of the molecule is CCc1ccc(CNC(=O)c2cn(C)nc2-c2ccc3c(c2)OCCCO3)s1. The standard InChI is InChI=1S/C21H23N3O3S/c1-3-15-6-7-16(28-15)12-22-21(25)17-13-24(2)23-20(17)14-5-8-18-19(11-14)27-10-4-9-26-18/h5-8,11,13H,3-4,9-10,12H2,1-2H3,(H,22,25). The van der Waals surface area contributed by atoms with Gasteiger partial charge in [0.25, 0.3) is 5.91 Å². The minimum absolute atomic E-state index is 0.137. The number of hydrogen-bond acceptors (Lipinski definition) is 5. The summed E-state index contributed by atoms with van der Waals surface area (Å²) in [6.07, 6.45) is 3.61. The zero-order valence-electron chi connectivity index (χ0n) is 16.0.